The number of pyridine rings is 1. The summed E-state index contributed by atoms with van der Waals surface area (Å²) in [6, 6.07) is 14.8. The van der Waals surface area contributed by atoms with Crippen molar-refractivity contribution >= 4 is 0 Å². The predicted molar refractivity (Wildman–Crippen MR) is 67.4 cm³/mol. The second-order valence-electron chi connectivity index (χ2n) is 4.42. The van der Waals surface area contributed by atoms with Crippen LogP contribution in [-0.4, -0.2) is 4.98 Å². The second-order valence-corrected chi connectivity index (χ2v) is 4.42. The van der Waals surface area contributed by atoms with E-state index in [4.69, 9.17) is 0 Å². The first kappa shape index (κ1) is 10.9. The molecule has 1 nitrogen and oxygen atoms in total. The fourth-order valence-electron chi connectivity index (χ4n) is 2.18. The summed E-state index contributed by atoms with van der Waals surface area (Å²) in [4.78, 5) is 4.21. The molecule has 2 aromatic rings. The van der Waals surface area contributed by atoms with Gasteiger partial charge in [0.1, 0.15) is 0 Å². The van der Waals surface area contributed by atoms with Gasteiger partial charge in [-0.2, -0.15) is 0 Å². The van der Waals surface area contributed by atoms with Gasteiger partial charge in [0.05, 0.1) is 0 Å². The van der Waals surface area contributed by atoms with Crippen molar-refractivity contribution in [1.82, 2.24) is 4.98 Å². The summed E-state index contributed by atoms with van der Waals surface area (Å²) in [5.41, 5.74) is 2.66. The summed E-state index contributed by atoms with van der Waals surface area (Å²) in [6.45, 7) is 4.51. The minimum absolute atomic E-state index is 0.440. The van der Waals surface area contributed by atoms with Crippen LogP contribution >= 0.6 is 0 Å². The van der Waals surface area contributed by atoms with Crippen LogP contribution in [0, 0.1) is 5.92 Å². The minimum atomic E-state index is 0.440. The fourth-order valence-corrected chi connectivity index (χ4v) is 2.18. The van der Waals surface area contributed by atoms with Crippen LogP contribution in [0.15, 0.2) is 54.9 Å². The molecule has 0 aliphatic heterocycles. The Morgan fingerprint density at radius 3 is 2.12 bits per heavy atom. The highest BCUT2D eigenvalue weighted by Gasteiger charge is 2.17. The summed E-state index contributed by atoms with van der Waals surface area (Å²) in [5.74, 6) is 1.02. The van der Waals surface area contributed by atoms with E-state index in [0.717, 1.165) is 0 Å². The Kier molecular flexibility index (Phi) is 3.35. The Bertz CT molecular complexity index is 380. The first-order valence-corrected chi connectivity index (χ1v) is 5.74. The molecule has 0 spiro atoms. The first-order valence-electron chi connectivity index (χ1n) is 5.74. The molecule has 0 N–H and O–H groups in total. The maximum Gasteiger partial charge on any atom is 0.0306 e. The van der Waals surface area contributed by atoms with Crippen molar-refractivity contribution in [3.05, 3.63) is 66.0 Å². The number of rotatable bonds is 3. The van der Waals surface area contributed by atoms with Crippen LogP contribution in [-0.2, 0) is 0 Å². The first-order chi connectivity index (χ1) is 7.79. The van der Waals surface area contributed by atoms with Crippen LogP contribution in [0.25, 0.3) is 0 Å². The largest absolute Gasteiger partial charge is 0.264 e. The Morgan fingerprint density at radius 1 is 0.875 bits per heavy atom. The van der Waals surface area contributed by atoms with Crippen molar-refractivity contribution in [2.45, 2.75) is 19.8 Å². The van der Waals surface area contributed by atoms with Crippen molar-refractivity contribution in [2.75, 3.05) is 0 Å². The molecule has 16 heavy (non-hydrogen) atoms. The van der Waals surface area contributed by atoms with E-state index in [1.807, 2.05) is 18.5 Å². The predicted octanol–water partition coefficient (Wildman–Crippen LogP) is 3.87. The normalized spacial score (nSPS) is 12.7. The van der Waals surface area contributed by atoms with Crippen molar-refractivity contribution in [3.63, 3.8) is 0 Å². The quantitative estimate of drug-likeness (QED) is 0.751. The number of nitrogens with zero attached hydrogens (tertiary/aromatic N) is 1. The van der Waals surface area contributed by atoms with Crippen LogP contribution in [0.3, 0.4) is 0 Å². The smallest absolute Gasteiger partial charge is 0.0306 e. The molecule has 0 aliphatic carbocycles. The molecule has 0 amide bonds. The van der Waals surface area contributed by atoms with Gasteiger partial charge >= 0.3 is 0 Å². The average molecular weight is 211 g/mol. The Balaban J connectivity index is 2.40. The molecule has 1 heteroatoms. The second kappa shape index (κ2) is 4.93. The van der Waals surface area contributed by atoms with Crippen molar-refractivity contribution in [2.24, 2.45) is 5.92 Å². The van der Waals surface area contributed by atoms with Gasteiger partial charge in [-0.15, -0.1) is 0 Å². The lowest BCUT2D eigenvalue weighted by Gasteiger charge is -2.21. The highest BCUT2D eigenvalue weighted by atomic mass is 14.6. The molecule has 1 aromatic heterocycles. The minimum Gasteiger partial charge on any atom is -0.264 e. The molecule has 0 bridgehead atoms. The van der Waals surface area contributed by atoms with E-state index in [0.29, 0.717) is 11.8 Å². The molecule has 1 heterocycles. The van der Waals surface area contributed by atoms with E-state index in [-0.39, 0.29) is 0 Å². The summed E-state index contributed by atoms with van der Waals surface area (Å²) in [5, 5.41) is 0. The zero-order valence-corrected chi connectivity index (χ0v) is 9.80. The molecule has 0 saturated carbocycles. The molecule has 0 fully saturated rings. The third-order valence-electron chi connectivity index (χ3n) is 2.87. The standard InChI is InChI=1S/C15H17N/c1-12(2)15(13-7-4-3-5-8-13)14-9-6-10-16-11-14/h3-12,15H,1-2H3/t15-/m1/s1. The van der Waals surface area contributed by atoms with Gasteiger partial charge in [-0.3, -0.25) is 4.98 Å². The van der Waals surface area contributed by atoms with Gasteiger partial charge in [0.2, 0.25) is 0 Å². The molecule has 0 saturated heterocycles. The molecule has 0 radical (unpaired) electrons. The van der Waals surface area contributed by atoms with E-state index in [2.05, 4.69) is 55.2 Å². The Hall–Kier alpha value is -1.63. The van der Waals surface area contributed by atoms with Crippen LogP contribution in [0.1, 0.15) is 30.9 Å². The number of hydrogen-bond acceptors (Lipinski definition) is 1. The van der Waals surface area contributed by atoms with Crippen molar-refractivity contribution in [1.29, 1.82) is 0 Å². The van der Waals surface area contributed by atoms with Crippen LogP contribution < -0.4 is 0 Å². The third kappa shape index (κ3) is 2.30. The van der Waals surface area contributed by atoms with Gasteiger partial charge in [-0.05, 0) is 23.1 Å². The number of benzene rings is 1. The molecule has 0 aliphatic rings. The van der Waals surface area contributed by atoms with Gasteiger partial charge < -0.3 is 0 Å². The van der Waals surface area contributed by atoms with Crippen LogP contribution in [0.2, 0.25) is 0 Å². The lowest BCUT2D eigenvalue weighted by atomic mass is 9.83. The van der Waals surface area contributed by atoms with Gasteiger partial charge in [0.15, 0.2) is 0 Å². The maximum atomic E-state index is 4.21. The van der Waals surface area contributed by atoms with E-state index < -0.39 is 0 Å². The molecule has 82 valence electrons. The summed E-state index contributed by atoms with van der Waals surface area (Å²) >= 11 is 0. The molecule has 1 atom stereocenters. The SMILES string of the molecule is CC(C)[C@H](c1ccccc1)c1cccnc1. The van der Waals surface area contributed by atoms with Gasteiger partial charge in [0.25, 0.3) is 0 Å². The molecule has 1 aromatic carbocycles. The van der Waals surface area contributed by atoms with Gasteiger partial charge in [-0.1, -0.05) is 50.2 Å². The highest BCUT2D eigenvalue weighted by molar-refractivity contribution is 5.31. The summed E-state index contributed by atoms with van der Waals surface area (Å²) in [7, 11) is 0. The monoisotopic (exact) mass is 211 g/mol. The third-order valence-corrected chi connectivity index (χ3v) is 2.87. The molecular formula is C15H17N. The zero-order valence-electron chi connectivity index (χ0n) is 9.80. The van der Waals surface area contributed by atoms with Crippen LogP contribution in [0.5, 0.6) is 0 Å². The van der Waals surface area contributed by atoms with E-state index in [1.165, 1.54) is 11.1 Å². The topological polar surface area (TPSA) is 12.9 Å². The average Bonchev–Trinajstić information content (AvgIpc) is 2.31. The molecule has 0 unspecified atom stereocenters. The molecular weight excluding hydrogens is 194 g/mol. The zero-order chi connectivity index (χ0) is 11.4. The van der Waals surface area contributed by atoms with E-state index >= 15 is 0 Å². The number of aromatic nitrogens is 1. The lowest BCUT2D eigenvalue weighted by molar-refractivity contribution is 0.562. The fraction of sp³-hybridized carbons (Fsp3) is 0.267. The maximum absolute atomic E-state index is 4.21. The molecule has 2 rings (SSSR count). The Labute approximate surface area is 97.2 Å². The lowest BCUT2D eigenvalue weighted by Crippen LogP contribution is -2.08. The van der Waals surface area contributed by atoms with Crippen molar-refractivity contribution in [3.8, 4) is 0 Å². The number of hydrogen-bond donors (Lipinski definition) is 0. The highest BCUT2D eigenvalue weighted by Crippen LogP contribution is 2.30. The summed E-state index contributed by atoms with van der Waals surface area (Å²) < 4.78 is 0. The summed E-state index contributed by atoms with van der Waals surface area (Å²) in [6.07, 6.45) is 3.80. The Morgan fingerprint density at radius 2 is 1.56 bits per heavy atom. The van der Waals surface area contributed by atoms with Crippen LogP contribution in [0.4, 0.5) is 0 Å². The van der Waals surface area contributed by atoms with E-state index in [1.54, 1.807) is 0 Å². The van der Waals surface area contributed by atoms with Crippen molar-refractivity contribution < 1.29 is 0 Å². The van der Waals surface area contributed by atoms with Gasteiger partial charge in [0, 0.05) is 18.3 Å². The van der Waals surface area contributed by atoms with E-state index in [9.17, 15) is 0 Å². The van der Waals surface area contributed by atoms with Gasteiger partial charge in [-0.25, -0.2) is 0 Å².